The molecule has 0 aliphatic rings. The van der Waals surface area contributed by atoms with Gasteiger partial charge in [0.1, 0.15) is 0 Å². The summed E-state index contributed by atoms with van der Waals surface area (Å²) in [7, 11) is -5.04. The maximum atomic E-state index is 14.3. The molecule has 0 amide bonds. The SMILES string of the molecule is O=S(=O)(c1ccccc1)C([PH3]c1ccccc1)(c1ccccc1)c1ccccc1. The van der Waals surface area contributed by atoms with Crippen LogP contribution >= 0.6 is 8.58 Å². The molecule has 0 fully saturated rings. The van der Waals surface area contributed by atoms with Crippen LogP contribution < -0.4 is 5.30 Å². The molecule has 0 bridgehead atoms. The molecule has 4 heteroatoms. The van der Waals surface area contributed by atoms with Crippen LogP contribution in [0.2, 0.25) is 0 Å². The van der Waals surface area contributed by atoms with E-state index in [1.54, 1.807) is 24.3 Å². The first-order valence-electron chi connectivity index (χ1n) is 9.59. The van der Waals surface area contributed by atoms with Gasteiger partial charge >= 0.3 is 174 Å². The van der Waals surface area contributed by atoms with Crippen LogP contribution in [0.4, 0.5) is 0 Å². The van der Waals surface area contributed by atoms with Crippen LogP contribution in [-0.2, 0) is 14.3 Å². The average molecular weight is 418 g/mol. The van der Waals surface area contributed by atoms with E-state index in [9.17, 15) is 8.42 Å². The van der Waals surface area contributed by atoms with Crippen molar-refractivity contribution in [2.24, 2.45) is 0 Å². The first-order chi connectivity index (χ1) is 14.1. The fourth-order valence-corrected chi connectivity index (χ4v) is 9.41. The van der Waals surface area contributed by atoms with Crippen LogP contribution in [0, 0.1) is 0 Å². The molecule has 4 rings (SSSR count). The fourth-order valence-electron chi connectivity index (χ4n) is 3.88. The van der Waals surface area contributed by atoms with Crippen LogP contribution in [0.3, 0.4) is 0 Å². The molecular weight excluding hydrogens is 395 g/mol. The number of benzene rings is 4. The second kappa shape index (κ2) is 8.32. The van der Waals surface area contributed by atoms with Crippen molar-refractivity contribution in [1.29, 1.82) is 0 Å². The van der Waals surface area contributed by atoms with Gasteiger partial charge in [-0.1, -0.05) is 0 Å². The van der Waals surface area contributed by atoms with Gasteiger partial charge in [0.2, 0.25) is 0 Å². The van der Waals surface area contributed by atoms with Gasteiger partial charge in [-0.15, -0.1) is 0 Å². The van der Waals surface area contributed by atoms with Crippen molar-refractivity contribution in [1.82, 2.24) is 0 Å². The zero-order valence-corrected chi connectivity index (χ0v) is 18.2. The van der Waals surface area contributed by atoms with E-state index in [4.69, 9.17) is 0 Å². The Balaban J connectivity index is 2.06. The van der Waals surface area contributed by atoms with Crippen LogP contribution in [-0.4, -0.2) is 8.42 Å². The molecule has 0 aliphatic carbocycles. The average Bonchev–Trinajstić information content (AvgIpc) is 2.80. The van der Waals surface area contributed by atoms with Crippen LogP contribution in [0.25, 0.3) is 0 Å². The van der Waals surface area contributed by atoms with Crippen molar-refractivity contribution in [3.05, 3.63) is 132 Å². The molecule has 0 aliphatic heterocycles. The van der Waals surface area contributed by atoms with Gasteiger partial charge in [0.05, 0.1) is 0 Å². The Morgan fingerprint density at radius 1 is 0.517 bits per heavy atom. The van der Waals surface area contributed by atoms with E-state index < -0.39 is 22.9 Å². The molecule has 0 radical (unpaired) electrons. The van der Waals surface area contributed by atoms with Gasteiger partial charge in [-0.3, -0.25) is 0 Å². The second-order valence-electron chi connectivity index (χ2n) is 7.04. The Morgan fingerprint density at radius 2 is 0.897 bits per heavy atom. The molecule has 0 aromatic heterocycles. The molecule has 4 aromatic rings. The molecule has 146 valence electrons. The third-order valence-corrected chi connectivity index (χ3v) is 11.3. The summed E-state index contributed by atoms with van der Waals surface area (Å²) in [5.41, 5.74) is 1.65. The monoisotopic (exact) mass is 418 g/mol. The Labute approximate surface area is 174 Å². The van der Waals surface area contributed by atoms with E-state index in [1.807, 2.05) is 97.1 Å². The summed E-state index contributed by atoms with van der Waals surface area (Å²) < 4.78 is 27.5. The van der Waals surface area contributed by atoms with Crippen molar-refractivity contribution in [3.8, 4) is 0 Å². The van der Waals surface area contributed by atoms with Gasteiger partial charge in [-0.2, -0.15) is 0 Å². The Hall–Kier alpha value is -2.74. The van der Waals surface area contributed by atoms with Crippen molar-refractivity contribution in [2.75, 3.05) is 0 Å². The minimum absolute atomic E-state index is 0.358. The topological polar surface area (TPSA) is 34.1 Å². The number of rotatable bonds is 6. The molecule has 0 N–H and O–H groups in total. The summed E-state index contributed by atoms with van der Waals surface area (Å²) in [6.45, 7) is 0. The molecule has 4 aromatic carbocycles. The van der Waals surface area contributed by atoms with E-state index in [2.05, 4.69) is 0 Å². The van der Waals surface area contributed by atoms with Gasteiger partial charge < -0.3 is 0 Å². The summed E-state index contributed by atoms with van der Waals surface area (Å²) in [5.74, 6) is 0. The number of sulfone groups is 1. The van der Waals surface area contributed by atoms with E-state index in [0.29, 0.717) is 4.90 Å². The van der Waals surface area contributed by atoms with Gasteiger partial charge in [-0.25, -0.2) is 0 Å². The molecule has 0 unspecified atom stereocenters. The molecule has 0 saturated carbocycles. The van der Waals surface area contributed by atoms with Crippen LogP contribution in [0.5, 0.6) is 0 Å². The van der Waals surface area contributed by atoms with Crippen molar-refractivity contribution < 1.29 is 8.42 Å². The van der Waals surface area contributed by atoms with Gasteiger partial charge in [0.15, 0.2) is 0 Å². The Bertz CT molecular complexity index is 1120. The van der Waals surface area contributed by atoms with Crippen molar-refractivity contribution >= 4 is 23.7 Å². The van der Waals surface area contributed by atoms with Gasteiger partial charge in [0, 0.05) is 0 Å². The molecule has 29 heavy (non-hydrogen) atoms. The third-order valence-electron chi connectivity index (χ3n) is 5.29. The quantitative estimate of drug-likeness (QED) is 0.420. The predicted molar refractivity (Wildman–Crippen MR) is 124 cm³/mol. The third kappa shape index (κ3) is 3.64. The van der Waals surface area contributed by atoms with Gasteiger partial charge in [0.25, 0.3) is 0 Å². The first-order valence-corrected chi connectivity index (χ1v) is 12.5. The van der Waals surface area contributed by atoms with Gasteiger partial charge in [-0.05, 0) is 0 Å². The van der Waals surface area contributed by atoms with Crippen LogP contribution in [0.1, 0.15) is 11.1 Å². The summed E-state index contributed by atoms with van der Waals surface area (Å²) in [4.78, 5) is 0.358. The van der Waals surface area contributed by atoms with Crippen molar-refractivity contribution in [3.63, 3.8) is 0 Å². The molecular formula is C25H23O2PS. The number of hydrogen-bond acceptors (Lipinski definition) is 2. The van der Waals surface area contributed by atoms with E-state index in [1.165, 1.54) is 0 Å². The standard InChI is InChI=1S/C25H23O2PS/c26-29(27,24-19-11-4-12-20-24)25(21-13-5-1-6-14-21,22-15-7-2-8-16-22)28-23-17-9-3-10-18-23/h1-20H,28H3. The summed E-state index contributed by atoms with van der Waals surface area (Å²) in [6, 6.07) is 38.2. The first kappa shape index (κ1) is 19.6. The zero-order chi connectivity index (χ0) is 20.2. The summed E-state index contributed by atoms with van der Waals surface area (Å²) in [6.07, 6.45) is 0. The van der Waals surface area contributed by atoms with Crippen LogP contribution in [0.15, 0.2) is 126 Å². The Morgan fingerprint density at radius 3 is 1.34 bits per heavy atom. The zero-order valence-electron chi connectivity index (χ0n) is 16.0. The van der Waals surface area contributed by atoms with E-state index in [0.717, 1.165) is 16.4 Å². The minimum atomic E-state index is -3.71. The molecule has 0 spiro atoms. The molecule has 0 heterocycles. The van der Waals surface area contributed by atoms with E-state index in [-0.39, 0.29) is 0 Å². The van der Waals surface area contributed by atoms with E-state index >= 15 is 0 Å². The molecule has 0 atom stereocenters. The summed E-state index contributed by atoms with van der Waals surface area (Å²) in [5, 5.41) is 1.11. The fraction of sp³-hybridized carbons (Fsp3) is 0.0400. The maximum absolute atomic E-state index is 14.3. The predicted octanol–water partition coefficient (Wildman–Crippen LogP) is 4.83. The normalized spacial score (nSPS) is 12.0. The summed E-state index contributed by atoms with van der Waals surface area (Å²) >= 11 is 0. The Kier molecular flexibility index (Phi) is 5.62. The molecule has 0 saturated heterocycles. The second-order valence-corrected chi connectivity index (χ2v) is 12.0. The molecule has 2 nitrogen and oxygen atoms in total. The number of hydrogen-bond donors (Lipinski definition) is 0. The van der Waals surface area contributed by atoms with Crippen molar-refractivity contribution in [2.45, 2.75) is 9.38 Å².